The lowest BCUT2D eigenvalue weighted by Crippen LogP contribution is -2.18. The van der Waals surface area contributed by atoms with Gasteiger partial charge in [-0.05, 0) is 47.4 Å². The molecule has 1 aliphatic heterocycles. The summed E-state index contributed by atoms with van der Waals surface area (Å²) < 4.78 is 0. The Morgan fingerprint density at radius 2 is 1.76 bits per heavy atom. The summed E-state index contributed by atoms with van der Waals surface area (Å²) in [5.41, 5.74) is 3.34. The summed E-state index contributed by atoms with van der Waals surface area (Å²) in [6.45, 7) is 0. The van der Waals surface area contributed by atoms with Crippen molar-refractivity contribution < 1.29 is 4.79 Å². The van der Waals surface area contributed by atoms with Gasteiger partial charge in [-0.3, -0.25) is 4.79 Å². The van der Waals surface area contributed by atoms with Crippen LogP contribution in [0.25, 0.3) is 11.1 Å². The number of carbonyl (C=O) groups excluding carboxylic acids is 1. The Balaban J connectivity index is 1.53. The maximum Gasteiger partial charge on any atom is 0.220 e. The van der Waals surface area contributed by atoms with Crippen LogP contribution in [0.3, 0.4) is 0 Å². The Kier molecular flexibility index (Phi) is 4.12. The highest BCUT2D eigenvalue weighted by atomic mass is 16.1. The molecule has 1 unspecified atom stereocenters. The molecule has 0 spiro atoms. The molecule has 0 saturated carbocycles. The van der Waals surface area contributed by atoms with Gasteiger partial charge in [-0.1, -0.05) is 30.3 Å². The van der Waals surface area contributed by atoms with Crippen molar-refractivity contribution in [2.24, 2.45) is 0 Å². The van der Waals surface area contributed by atoms with Crippen LogP contribution in [-0.2, 0) is 4.79 Å². The SMILES string of the molecule is O=C1CCC(c2ccc(-c3ccnc(Nc4ccccn4)c3)cc2)N1. The van der Waals surface area contributed by atoms with E-state index in [9.17, 15) is 4.79 Å². The lowest BCUT2D eigenvalue weighted by atomic mass is 10.0. The van der Waals surface area contributed by atoms with Gasteiger partial charge in [-0.25, -0.2) is 9.97 Å². The minimum Gasteiger partial charge on any atom is -0.349 e. The van der Waals surface area contributed by atoms with Gasteiger partial charge in [-0.15, -0.1) is 0 Å². The highest BCUT2D eigenvalue weighted by molar-refractivity contribution is 5.78. The molecule has 0 radical (unpaired) electrons. The Bertz CT molecular complexity index is 878. The molecule has 0 bridgehead atoms. The van der Waals surface area contributed by atoms with Gasteiger partial charge in [0.05, 0.1) is 6.04 Å². The maximum absolute atomic E-state index is 11.4. The van der Waals surface area contributed by atoms with Crippen molar-refractivity contribution >= 4 is 17.5 Å². The van der Waals surface area contributed by atoms with Gasteiger partial charge in [-0.2, -0.15) is 0 Å². The number of nitrogens with one attached hydrogen (secondary N) is 2. The first-order valence-electron chi connectivity index (χ1n) is 8.32. The van der Waals surface area contributed by atoms with Crippen LogP contribution in [0.1, 0.15) is 24.4 Å². The average Bonchev–Trinajstić information content (AvgIpc) is 3.09. The molecule has 3 heterocycles. The van der Waals surface area contributed by atoms with E-state index in [1.165, 1.54) is 0 Å². The van der Waals surface area contributed by atoms with Crippen molar-refractivity contribution in [2.45, 2.75) is 18.9 Å². The summed E-state index contributed by atoms with van der Waals surface area (Å²) in [7, 11) is 0. The fraction of sp³-hybridized carbons (Fsp3) is 0.150. The van der Waals surface area contributed by atoms with Crippen LogP contribution in [0, 0.1) is 0 Å². The van der Waals surface area contributed by atoms with Gasteiger partial charge < -0.3 is 10.6 Å². The molecule has 0 aliphatic carbocycles. The number of aromatic nitrogens is 2. The number of amides is 1. The predicted molar refractivity (Wildman–Crippen MR) is 97.3 cm³/mol. The molecule has 2 N–H and O–H groups in total. The molecule has 5 nitrogen and oxygen atoms in total. The minimum atomic E-state index is 0.133. The summed E-state index contributed by atoms with van der Waals surface area (Å²) in [6.07, 6.45) is 5.00. The smallest absolute Gasteiger partial charge is 0.220 e. The molecule has 5 heteroatoms. The zero-order valence-electron chi connectivity index (χ0n) is 13.6. The average molecular weight is 330 g/mol. The van der Waals surface area contributed by atoms with E-state index >= 15 is 0 Å². The number of anilines is 2. The lowest BCUT2D eigenvalue weighted by Gasteiger charge is -2.11. The van der Waals surface area contributed by atoms with E-state index in [1.807, 2.05) is 30.3 Å². The van der Waals surface area contributed by atoms with Gasteiger partial charge in [0.15, 0.2) is 0 Å². The van der Waals surface area contributed by atoms with Gasteiger partial charge in [0, 0.05) is 18.8 Å². The van der Waals surface area contributed by atoms with Crippen LogP contribution in [0.15, 0.2) is 67.0 Å². The van der Waals surface area contributed by atoms with Crippen molar-refractivity contribution in [1.29, 1.82) is 0 Å². The van der Waals surface area contributed by atoms with Gasteiger partial charge >= 0.3 is 0 Å². The molecule has 1 atom stereocenters. The summed E-state index contributed by atoms with van der Waals surface area (Å²) in [6, 6.07) is 18.2. The van der Waals surface area contributed by atoms with E-state index < -0.39 is 0 Å². The fourth-order valence-electron chi connectivity index (χ4n) is 3.02. The number of carbonyl (C=O) groups is 1. The molecule has 1 amide bonds. The summed E-state index contributed by atoms with van der Waals surface area (Å²) in [4.78, 5) is 20.0. The van der Waals surface area contributed by atoms with E-state index in [0.29, 0.717) is 6.42 Å². The van der Waals surface area contributed by atoms with Crippen LogP contribution >= 0.6 is 0 Å². The van der Waals surface area contributed by atoms with Crippen LogP contribution in [-0.4, -0.2) is 15.9 Å². The minimum absolute atomic E-state index is 0.133. The topological polar surface area (TPSA) is 66.9 Å². The van der Waals surface area contributed by atoms with Crippen molar-refractivity contribution in [1.82, 2.24) is 15.3 Å². The Labute approximate surface area is 146 Å². The summed E-state index contributed by atoms with van der Waals surface area (Å²) in [5, 5.41) is 6.21. The molecule has 124 valence electrons. The third-order valence-electron chi connectivity index (χ3n) is 4.32. The fourth-order valence-corrected chi connectivity index (χ4v) is 3.02. The third-order valence-corrected chi connectivity index (χ3v) is 4.32. The molecule has 3 aromatic rings. The van der Waals surface area contributed by atoms with E-state index in [4.69, 9.17) is 0 Å². The maximum atomic E-state index is 11.4. The van der Waals surface area contributed by atoms with Crippen LogP contribution in [0.5, 0.6) is 0 Å². The largest absolute Gasteiger partial charge is 0.349 e. The summed E-state index contributed by atoms with van der Waals surface area (Å²) >= 11 is 0. The second-order valence-electron chi connectivity index (χ2n) is 6.05. The summed E-state index contributed by atoms with van der Waals surface area (Å²) in [5.74, 6) is 1.65. The zero-order chi connectivity index (χ0) is 17.1. The number of hydrogen-bond donors (Lipinski definition) is 2. The van der Waals surface area contributed by atoms with Gasteiger partial charge in [0.25, 0.3) is 0 Å². The Morgan fingerprint density at radius 3 is 2.48 bits per heavy atom. The van der Waals surface area contributed by atoms with Crippen LogP contribution in [0.4, 0.5) is 11.6 Å². The molecule has 25 heavy (non-hydrogen) atoms. The van der Waals surface area contributed by atoms with Gasteiger partial charge in [0.2, 0.25) is 5.91 Å². The molecule has 4 rings (SSSR count). The zero-order valence-corrected chi connectivity index (χ0v) is 13.6. The molecule has 1 aromatic carbocycles. The predicted octanol–water partition coefficient (Wildman–Crippen LogP) is 3.84. The van der Waals surface area contributed by atoms with Crippen LogP contribution in [0.2, 0.25) is 0 Å². The molecule has 2 aromatic heterocycles. The quantitative estimate of drug-likeness (QED) is 0.763. The van der Waals surface area contributed by atoms with E-state index in [-0.39, 0.29) is 11.9 Å². The van der Waals surface area contributed by atoms with Crippen molar-refractivity contribution in [3.05, 3.63) is 72.6 Å². The van der Waals surface area contributed by atoms with Crippen molar-refractivity contribution in [3.63, 3.8) is 0 Å². The number of nitrogens with zero attached hydrogens (tertiary/aromatic N) is 2. The first-order valence-corrected chi connectivity index (χ1v) is 8.32. The molecular formula is C20H18N4O. The number of hydrogen-bond acceptors (Lipinski definition) is 4. The standard InChI is InChI=1S/C20H18N4O/c25-20-9-8-17(23-20)15-6-4-14(5-7-15)16-10-12-22-19(13-16)24-18-3-1-2-11-21-18/h1-7,10-13,17H,8-9H2,(H,23,25)(H,21,22,24). The van der Waals surface area contributed by atoms with Crippen molar-refractivity contribution in [3.8, 4) is 11.1 Å². The van der Waals surface area contributed by atoms with E-state index in [2.05, 4.69) is 44.9 Å². The van der Waals surface area contributed by atoms with Gasteiger partial charge in [0.1, 0.15) is 11.6 Å². The third kappa shape index (κ3) is 3.50. The molecular weight excluding hydrogens is 312 g/mol. The monoisotopic (exact) mass is 330 g/mol. The van der Waals surface area contributed by atoms with E-state index in [0.717, 1.165) is 34.7 Å². The number of benzene rings is 1. The lowest BCUT2D eigenvalue weighted by molar-refractivity contribution is -0.119. The molecule has 1 fully saturated rings. The number of rotatable bonds is 4. The van der Waals surface area contributed by atoms with E-state index in [1.54, 1.807) is 12.4 Å². The highest BCUT2D eigenvalue weighted by Crippen LogP contribution is 2.27. The highest BCUT2D eigenvalue weighted by Gasteiger charge is 2.21. The Hall–Kier alpha value is -3.21. The number of pyridine rings is 2. The second kappa shape index (κ2) is 6.73. The Morgan fingerprint density at radius 1 is 0.920 bits per heavy atom. The van der Waals surface area contributed by atoms with Crippen molar-refractivity contribution in [2.75, 3.05) is 5.32 Å². The first kappa shape index (κ1) is 15.3. The molecule has 1 saturated heterocycles. The molecule has 1 aliphatic rings. The van der Waals surface area contributed by atoms with Crippen LogP contribution < -0.4 is 10.6 Å². The first-order chi connectivity index (χ1) is 12.3. The second-order valence-corrected chi connectivity index (χ2v) is 6.05. The normalized spacial score (nSPS) is 16.5.